The molecule has 0 spiro atoms. The minimum atomic E-state index is 0.514. The van der Waals surface area contributed by atoms with E-state index in [2.05, 4.69) is 30.6 Å². The molecule has 1 aliphatic rings. The summed E-state index contributed by atoms with van der Waals surface area (Å²) in [4.78, 5) is 7.82. The molecule has 2 heteroatoms. The fourth-order valence-electron chi connectivity index (χ4n) is 2.52. The fraction of sp³-hybridized carbons (Fsp3) is 0.500. The van der Waals surface area contributed by atoms with Crippen LogP contribution in [0.1, 0.15) is 48.9 Å². The second-order valence-corrected chi connectivity index (χ2v) is 4.25. The average molecular weight is 186 g/mol. The summed E-state index contributed by atoms with van der Waals surface area (Å²) in [6.07, 6.45) is 1.17. The minimum Gasteiger partial charge on any atom is -0.361 e. The molecule has 2 nitrogen and oxygen atoms in total. The van der Waals surface area contributed by atoms with E-state index in [0.717, 1.165) is 5.69 Å². The molecule has 1 aromatic rings. The topological polar surface area (TPSA) is 17.2 Å². The van der Waals surface area contributed by atoms with Crippen molar-refractivity contribution in [1.82, 2.24) is 4.98 Å². The van der Waals surface area contributed by atoms with Crippen LogP contribution in [0.4, 0.5) is 5.82 Å². The molecule has 0 bridgehead atoms. The van der Waals surface area contributed by atoms with Crippen LogP contribution in [-0.2, 0) is 0 Å². The zero-order valence-electron chi connectivity index (χ0n) is 8.83. The number of nitrogens with zero attached hydrogens (tertiary/aromatic N) is 2. The molecular weight excluding hydrogens is 172 g/mol. The van der Waals surface area contributed by atoms with Crippen molar-refractivity contribution in [3.8, 4) is 0 Å². The van der Waals surface area contributed by atoms with Crippen LogP contribution in [0.15, 0.2) is 6.07 Å². The summed E-state index contributed by atoms with van der Waals surface area (Å²) in [5.74, 6) is 1.66. The maximum Gasteiger partial charge on any atom is 0.270 e. The molecule has 0 saturated carbocycles. The van der Waals surface area contributed by atoms with Crippen LogP contribution in [0.3, 0.4) is 0 Å². The van der Waals surface area contributed by atoms with E-state index in [4.69, 9.17) is 6.57 Å². The third kappa shape index (κ3) is 1.21. The summed E-state index contributed by atoms with van der Waals surface area (Å²) in [5.41, 5.74) is 3.77. The Morgan fingerprint density at radius 3 is 2.79 bits per heavy atom. The number of fused-ring (bicyclic) bond motifs is 1. The van der Waals surface area contributed by atoms with Crippen molar-refractivity contribution in [3.63, 3.8) is 0 Å². The quantitative estimate of drug-likeness (QED) is 0.566. The molecule has 0 saturated heterocycles. The summed E-state index contributed by atoms with van der Waals surface area (Å²) in [6.45, 7) is 13.5. The van der Waals surface area contributed by atoms with E-state index in [9.17, 15) is 0 Å². The van der Waals surface area contributed by atoms with Crippen molar-refractivity contribution < 1.29 is 0 Å². The van der Waals surface area contributed by atoms with Crippen molar-refractivity contribution >= 4 is 5.82 Å². The lowest BCUT2D eigenvalue weighted by Gasteiger charge is -2.06. The number of hydrogen-bond acceptors (Lipinski definition) is 1. The number of hydrogen-bond donors (Lipinski definition) is 0. The van der Waals surface area contributed by atoms with E-state index in [-0.39, 0.29) is 0 Å². The molecule has 0 aliphatic heterocycles. The van der Waals surface area contributed by atoms with Gasteiger partial charge in [-0.2, -0.15) is 0 Å². The van der Waals surface area contributed by atoms with Crippen LogP contribution >= 0.6 is 0 Å². The highest BCUT2D eigenvalue weighted by Crippen LogP contribution is 2.42. The normalized spacial score (nSPS) is 24.4. The van der Waals surface area contributed by atoms with Crippen LogP contribution in [0.2, 0.25) is 0 Å². The molecule has 1 aromatic heterocycles. The van der Waals surface area contributed by atoms with E-state index in [0.29, 0.717) is 17.7 Å². The molecule has 1 heterocycles. The minimum absolute atomic E-state index is 0.514. The fourth-order valence-corrected chi connectivity index (χ4v) is 2.52. The SMILES string of the molecule is [C-]#[N+]c1cc(C)c2c(n1)C(C)CC2C. The molecule has 0 fully saturated rings. The van der Waals surface area contributed by atoms with Gasteiger partial charge in [0.25, 0.3) is 5.82 Å². The number of aryl methyl sites for hydroxylation is 1. The molecule has 0 aromatic carbocycles. The number of aromatic nitrogens is 1. The monoisotopic (exact) mass is 186 g/mol. The van der Waals surface area contributed by atoms with Gasteiger partial charge in [-0.05, 0) is 25.3 Å². The van der Waals surface area contributed by atoms with E-state index < -0.39 is 0 Å². The van der Waals surface area contributed by atoms with Gasteiger partial charge >= 0.3 is 0 Å². The van der Waals surface area contributed by atoms with Crippen molar-refractivity contribution in [2.45, 2.75) is 39.0 Å². The van der Waals surface area contributed by atoms with Crippen LogP contribution in [0.5, 0.6) is 0 Å². The Hall–Kier alpha value is -1.36. The molecule has 0 amide bonds. The van der Waals surface area contributed by atoms with E-state index in [1.807, 2.05) is 6.07 Å². The second-order valence-electron chi connectivity index (χ2n) is 4.25. The molecule has 1 aliphatic carbocycles. The van der Waals surface area contributed by atoms with Gasteiger partial charge in [-0.25, -0.2) is 0 Å². The third-order valence-electron chi connectivity index (χ3n) is 3.06. The van der Waals surface area contributed by atoms with Crippen LogP contribution in [-0.4, -0.2) is 4.98 Å². The first-order valence-corrected chi connectivity index (χ1v) is 5.02. The maximum absolute atomic E-state index is 6.98. The van der Waals surface area contributed by atoms with Crippen LogP contribution in [0, 0.1) is 13.5 Å². The molecule has 0 radical (unpaired) electrons. The van der Waals surface area contributed by atoms with Crippen LogP contribution < -0.4 is 0 Å². The molecule has 2 atom stereocenters. The Balaban J connectivity index is 2.64. The zero-order chi connectivity index (χ0) is 10.3. The first-order chi connectivity index (χ1) is 6.63. The van der Waals surface area contributed by atoms with Gasteiger partial charge in [-0.3, -0.25) is 0 Å². The predicted octanol–water partition coefficient (Wildman–Crippen LogP) is 3.55. The number of rotatable bonds is 0. The van der Waals surface area contributed by atoms with Gasteiger partial charge in [-0.15, -0.1) is 4.98 Å². The highest BCUT2D eigenvalue weighted by molar-refractivity contribution is 5.48. The zero-order valence-corrected chi connectivity index (χ0v) is 8.83. The predicted molar refractivity (Wildman–Crippen MR) is 56.7 cm³/mol. The molecule has 72 valence electrons. The Kier molecular flexibility index (Phi) is 2.03. The maximum atomic E-state index is 6.98. The Bertz CT molecular complexity index is 415. The summed E-state index contributed by atoms with van der Waals surface area (Å²) in [6, 6.07) is 1.90. The third-order valence-corrected chi connectivity index (χ3v) is 3.06. The summed E-state index contributed by atoms with van der Waals surface area (Å²) in [5, 5.41) is 0. The largest absolute Gasteiger partial charge is 0.361 e. The van der Waals surface area contributed by atoms with Gasteiger partial charge in [0.2, 0.25) is 0 Å². The molecule has 0 N–H and O–H groups in total. The lowest BCUT2D eigenvalue weighted by Crippen LogP contribution is -1.94. The van der Waals surface area contributed by atoms with Gasteiger partial charge in [0.1, 0.15) is 5.69 Å². The summed E-state index contributed by atoms with van der Waals surface area (Å²) < 4.78 is 0. The van der Waals surface area contributed by atoms with E-state index in [1.54, 1.807) is 0 Å². The highest BCUT2D eigenvalue weighted by Gasteiger charge is 2.31. The number of pyridine rings is 1. The van der Waals surface area contributed by atoms with E-state index >= 15 is 0 Å². The Morgan fingerprint density at radius 1 is 1.43 bits per heavy atom. The van der Waals surface area contributed by atoms with Gasteiger partial charge in [0.05, 0.1) is 0 Å². The van der Waals surface area contributed by atoms with Crippen molar-refractivity contribution in [2.75, 3.05) is 0 Å². The Labute approximate surface area is 84.8 Å². The van der Waals surface area contributed by atoms with Gasteiger partial charge in [-0.1, -0.05) is 26.0 Å². The smallest absolute Gasteiger partial charge is 0.270 e. The van der Waals surface area contributed by atoms with Crippen molar-refractivity contribution in [2.24, 2.45) is 0 Å². The first kappa shape index (κ1) is 9.21. The van der Waals surface area contributed by atoms with Gasteiger partial charge < -0.3 is 4.85 Å². The lowest BCUT2D eigenvalue weighted by atomic mass is 10.0. The highest BCUT2D eigenvalue weighted by atomic mass is 14.9. The van der Waals surface area contributed by atoms with Gasteiger partial charge in [0, 0.05) is 11.5 Å². The average Bonchev–Trinajstić information content (AvgIpc) is 2.42. The molecule has 14 heavy (non-hydrogen) atoms. The van der Waals surface area contributed by atoms with Crippen LogP contribution in [0.25, 0.3) is 4.85 Å². The molecular formula is C12H14N2. The summed E-state index contributed by atoms with van der Waals surface area (Å²) >= 11 is 0. The lowest BCUT2D eigenvalue weighted by molar-refractivity contribution is 0.654. The van der Waals surface area contributed by atoms with Crippen molar-refractivity contribution in [3.05, 3.63) is 34.3 Å². The molecule has 2 rings (SSSR count). The molecule has 2 unspecified atom stereocenters. The summed E-state index contributed by atoms with van der Waals surface area (Å²) in [7, 11) is 0. The second kappa shape index (κ2) is 3.09. The van der Waals surface area contributed by atoms with Gasteiger partial charge in [0.15, 0.2) is 0 Å². The first-order valence-electron chi connectivity index (χ1n) is 5.02. The Morgan fingerprint density at radius 2 is 2.14 bits per heavy atom. The van der Waals surface area contributed by atoms with E-state index in [1.165, 1.54) is 17.5 Å². The standard InChI is InChI=1S/C12H14N2/c1-7-5-9(3)12-11(7)8(2)6-10(13-4)14-12/h6-7,9H,5H2,1-3H3. The van der Waals surface area contributed by atoms with Crippen molar-refractivity contribution in [1.29, 1.82) is 0 Å².